The first-order chi connectivity index (χ1) is 12.6. The average molecular weight is 394 g/mol. The van der Waals surface area contributed by atoms with Crippen molar-refractivity contribution in [3.05, 3.63) is 29.8 Å². The van der Waals surface area contributed by atoms with Crippen LogP contribution in [0.2, 0.25) is 0 Å². The first kappa shape index (κ1) is 21.4. The summed E-state index contributed by atoms with van der Waals surface area (Å²) in [5, 5.41) is 2.81. The average Bonchev–Trinajstić information content (AvgIpc) is 2.88. The molecule has 0 saturated carbocycles. The highest BCUT2D eigenvalue weighted by Crippen LogP contribution is 2.45. The summed E-state index contributed by atoms with van der Waals surface area (Å²) in [6, 6.07) is 7.73. The summed E-state index contributed by atoms with van der Waals surface area (Å²) in [4.78, 5) is 28.4. The number of nitrogens with one attached hydrogen (secondary N) is 1. The van der Waals surface area contributed by atoms with Crippen LogP contribution in [0, 0.1) is 0 Å². The van der Waals surface area contributed by atoms with Crippen molar-refractivity contribution in [1.82, 2.24) is 15.1 Å². The van der Waals surface area contributed by atoms with Crippen molar-refractivity contribution in [3.63, 3.8) is 0 Å². The molecular weight excluding hydrogens is 362 g/mol. The number of carbonyl (C=O) groups is 2. The third-order valence-corrected chi connectivity index (χ3v) is 5.75. The lowest BCUT2D eigenvalue weighted by atomic mass is 10.1. The number of ether oxygens (including phenoxy) is 1. The number of hydrogen-bond donors (Lipinski definition) is 1. The fraction of sp³-hybridized carbons (Fsp3) is 0.600. The van der Waals surface area contributed by atoms with E-state index in [0.29, 0.717) is 13.1 Å². The fourth-order valence-corrected chi connectivity index (χ4v) is 4.35. The Hall–Kier alpha value is -1.89. The minimum atomic E-state index is -0.267. The van der Waals surface area contributed by atoms with E-state index in [0.717, 1.165) is 17.7 Å². The highest BCUT2D eigenvalue weighted by molar-refractivity contribution is 8.01. The molecule has 2 atom stereocenters. The van der Waals surface area contributed by atoms with Crippen LogP contribution in [0.15, 0.2) is 24.3 Å². The van der Waals surface area contributed by atoms with E-state index >= 15 is 0 Å². The standard InChI is InChI=1S/C20H31N3O3S/c1-14-17(24)23(13-9-12-22(5)19(25)21-20(2,3)4)18(27-14)15-10-7-8-11-16(15)26-6/h7-8,10-11,14,18H,9,12-13H2,1-6H3,(H,21,25)/t14-,18-/m1/s1. The largest absolute Gasteiger partial charge is 0.496 e. The van der Waals surface area contributed by atoms with Gasteiger partial charge in [-0.25, -0.2) is 4.79 Å². The Bertz CT molecular complexity index is 675. The smallest absolute Gasteiger partial charge is 0.317 e. The van der Waals surface area contributed by atoms with E-state index in [-0.39, 0.29) is 28.1 Å². The number of carbonyl (C=O) groups excluding carboxylic acids is 2. The maximum Gasteiger partial charge on any atom is 0.317 e. The second-order valence-corrected chi connectivity index (χ2v) is 9.29. The van der Waals surface area contributed by atoms with Gasteiger partial charge in [0.2, 0.25) is 5.91 Å². The van der Waals surface area contributed by atoms with Gasteiger partial charge in [0.25, 0.3) is 0 Å². The number of rotatable bonds is 6. The number of nitrogens with zero attached hydrogens (tertiary/aromatic N) is 2. The van der Waals surface area contributed by atoms with E-state index in [1.54, 1.807) is 30.8 Å². The zero-order valence-corrected chi connectivity index (χ0v) is 17.9. The molecule has 2 rings (SSSR count). The Morgan fingerprint density at radius 3 is 2.63 bits per heavy atom. The maximum atomic E-state index is 12.7. The van der Waals surface area contributed by atoms with Gasteiger partial charge in [-0.2, -0.15) is 0 Å². The fourth-order valence-electron chi connectivity index (χ4n) is 3.01. The quantitative estimate of drug-likeness (QED) is 0.804. The Balaban J connectivity index is 2.01. The molecule has 6 nitrogen and oxygen atoms in total. The molecule has 27 heavy (non-hydrogen) atoms. The molecule has 1 aromatic rings. The van der Waals surface area contributed by atoms with Crippen molar-refractivity contribution >= 4 is 23.7 Å². The van der Waals surface area contributed by atoms with Gasteiger partial charge in [-0.05, 0) is 40.2 Å². The number of benzene rings is 1. The maximum absolute atomic E-state index is 12.7. The van der Waals surface area contributed by atoms with Crippen molar-refractivity contribution in [3.8, 4) is 5.75 Å². The van der Waals surface area contributed by atoms with E-state index < -0.39 is 0 Å². The molecule has 0 spiro atoms. The monoisotopic (exact) mass is 393 g/mol. The van der Waals surface area contributed by atoms with Crippen LogP contribution in [0.4, 0.5) is 4.79 Å². The minimum Gasteiger partial charge on any atom is -0.496 e. The zero-order chi connectivity index (χ0) is 20.2. The molecule has 0 bridgehead atoms. The van der Waals surface area contributed by atoms with Crippen LogP contribution in [-0.4, -0.2) is 59.8 Å². The van der Waals surface area contributed by atoms with Crippen LogP contribution >= 0.6 is 11.8 Å². The molecule has 7 heteroatoms. The topological polar surface area (TPSA) is 61.9 Å². The predicted octanol–water partition coefficient (Wildman–Crippen LogP) is 3.49. The molecule has 1 saturated heterocycles. The van der Waals surface area contributed by atoms with Crippen LogP contribution in [0.1, 0.15) is 45.1 Å². The lowest BCUT2D eigenvalue weighted by Gasteiger charge is -2.28. The Labute approximate surface area is 166 Å². The number of thioether (sulfide) groups is 1. The lowest BCUT2D eigenvalue weighted by Crippen LogP contribution is -2.47. The van der Waals surface area contributed by atoms with Gasteiger partial charge in [0, 0.05) is 31.2 Å². The van der Waals surface area contributed by atoms with Crippen molar-refractivity contribution in [2.75, 3.05) is 27.2 Å². The summed E-state index contributed by atoms with van der Waals surface area (Å²) < 4.78 is 5.48. The Kier molecular flexibility index (Phi) is 7.03. The summed E-state index contributed by atoms with van der Waals surface area (Å²) in [5.41, 5.74) is 0.749. The number of amides is 3. The van der Waals surface area contributed by atoms with E-state index in [2.05, 4.69) is 5.32 Å². The second kappa shape index (κ2) is 8.87. The van der Waals surface area contributed by atoms with Crippen LogP contribution in [0.25, 0.3) is 0 Å². The van der Waals surface area contributed by atoms with E-state index in [9.17, 15) is 9.59 Å². The first-order valence-corrected chi connectivity index (χ1v) is 10.2. The first-order valence-electron chi connectivity index (χ1n) is 9.26. The Morgan fingerprint density at radius 1 is 1.33 bits per heavy atom. The normalized spacial score (nSPS) is 19.9. The molecule has 1 aliphatic heterocycles. The summed E-state index contributed by atoms with van der Waals surface area (Å²) in [5.74, 6) is 0.932. The highest BCUT2D eigenvalue weighted by atomic mass is 32.2. The van der Waals surface area contributed by atoms with Gasteiger partial charge in [-0.3, -0.25) is 4.79 Å². The molecule has 0 radical (unpaired) electrons. The highest BCUT2D eigenvalue weighted by Gasteiger charge is 2.39. The minimum absolute atomic E-state index is 0.0580. The molecule has 0 unspecified atom stereocenters. The van der Waals surface area contributed by atoms with Crippen LogP contribution in [0.5, 0.6) is 5.75 Å². The number of para-hydroxylation sites is 1. The van der Waals surface area contributed by atoms with E-state index in [1.165, 1.54) is 0 Å². The molecule has 0 aromatic heterocycles. The molecule has 0 aliphatic carbocycles. The molecule has 3 amide bonds. The van der Waals surface area contributed by atoms with Gasteiger partial charge < -0.3 is 19.9 Å². The lowest BCUT2D eigenvalue weighted by molar-refractivity contribution is -0.129. The van der Waals surface area contributed by atoms with E-state index in [4.69, 9.17) is 4.74 Å². The molecular formula is C20H31N3O3S. The van der Waals surface area contributed by atoms with Gasteiger partial charge in [-0.15, -0.1) is 11.8 Å². The van der Waals surface area contributed by atoms with E-state index in [1.807, 2.05) is 56.9 Å². The van der Waals surface area contributed by atoms with Crippen LogP contribution in [-0.2, 0) is 4.79 Å². The molecule has 1 heterocycles. The van der Waals surface area contributed by atoms with Crippen LogP contribution in [0.3, 0.4) is 0 Å². The number of urea groups is 1. The van der Waals surface area contributed by atoms with Crippen LogP contribution < -0.4 is 10.1 Å². The molecule has 1 aromatic carbocycles. The van der Waals surface area contributed by atoms with Crippen molar-refractivity contribution in [2.45, 2.75) is 50.3 Å². The molecule has 1 aliphatic rings. The van der Waals surface area contributed by atoms with Gasteiger partial charge in [-0.1, -0.05) is 18.2 Å². The van der Waals surface area contributed by atoms with Gasteiger partial charge in [0.15, 0.2) is 0 Å². The summed E-state index contributed by atoms with van der Waals surface area (Å²) in [6.07, 6.45) is 0.721. The van der Waals surface area contributed by atoms with Crippen molar-refractivity contribution in [1.29, 1.82) is 0 Å². The summed E-state index contributed by atoms with van der Waals surface area (Å²) in [7, 11) is 3.43. The van der Waals surface area contributed by atoms with Crippen molar-refractivity contribution < 1.29 is 14.3 Å². The molecule has 150 valence electrons. The predicted molar refractivity (Wildman–Crippen MR) is 110 cm³/mol. The van der Waals surface area contributed by atoms with Gasteiger partial charge >= 0.3 is 6.03 Å². The van der Waals surface area contributed by atoms with Crippen molar-refractivity contribution in [2.24, 2.45) is 0 Å². The third kappa shape index (κ3) is 5.54. The summed E-state index contributed by atoms with van der Waals surface area (Å²) in [6.45, 7) is 9.00. The number of methoxy groups -OCH3 is 1. The third-order valence-electron chi connectivity index (χ3n) is 4.37. The van der Waals surface area contributed by atoms with Gasteiger partial charge in [0.1, 0.15) is 11.1 Å². The summed E-state index contributed by atoms with van der Waals surface area (Å²) >= 11 is 1.64. The molecule has 1 fully saturated rings. The molecule has 1 N–H and O–H groups in total. The Morgan fingerprint density at radius 2 is 2.00 bits per heavy atom. The van der Waals surface area contributed by atoms with Gasteiger partial charge in [0.05, 0.1) is 12.4 Å². The SMILES string of the molecule is COc1ccccc1[C@H]1S[C@H](C)C(=O)N1CCCN(C)C(=O)NC(C)(C)C. The number of hydrogen-bond acceptors (Lipinski definition) is 4. The zero-order valence-electron chi connectivity index (χ0n) is 17.1. The second-order valence-electron chi connectivity index (χ2n) is 7.86.